The molecule has 2 aromatic carbocycles. The van der Waals surface area contributed by atoms with Gasteiger partial charge in [0.25, 0.3) is 0 Å². The van der Waals surface area contributed by atoms with Crippen LogP contribution in [0.2, 0.25) is 0 Å². The molecule has 0 saturated carbocycles. The van der Waals surface area contributed by atoms with Gasteiger partial charge >= 0.3 is 31.3 Å². The summed E-state index contributed by atoms with van der Waals surface area (Å²) < 4.78 is 156. The van der Waals surface area contributed by atoms with Crippen molar-refractivity contribution in [2.75, 3.05) is 0 Å². The number of benzene rings is 2. The van der Waals surface area contributed by atoms with Crippen molar-refractivity contribution >= 4 is 20.2 Å². The molecule has 0 unspecified atom stereocenters. The lowest BCUT2D eigenvalue weighted by molar-refractivity contribution is -0.0505. The fourth-order valence-electron chi connectivity index (χ4n) is 1.96. The molecule has 0 aliphatic heterocycles. The predicted molar refractivity (Wildman–Crippen MR) is 83.0 cm³/mol. The third-order valence-electron chi connectivity index (χ3n) is 3.17. The summed E-state index contributed by atoms with van der Waals surface area (Å²) in [5.74, 6) is -6.31. The van der Waals surface area contributed by atoms with Crippen LogP contribution in [0.1, 0.15) is 0 Å². The van der Waals surface area contributed by atoms with Gasteiger partial charge in [-0.05, 0) is 24.3 Å². The Kier molecular flexibility index (Phi) is 5.97. The van der Waals surface area contributed by atoms with Crippen molar-refractivity contribution in [3.8, 4) is 22.6 Å². The summed E-state index contributed by atoms with van der Waals surface area (Å²) in [5.41, 5.74) is -14.9. The van der Waals surface area contributed by atoms with Gasteiger partial charge in [0.2, 0.25) is 0 Å². The Morgan fingerprint density at radius 1 is 0.600 bits per heavy atom. The first kappa shape index (κ1) is 23.7. The van der Waals surface area contributed by atoms with Gasteiger partial charge in [0.1, 0.15) is 11.6 Å². The molecule has 166 valence electrons. The van der Waals surface area contributed by atoms with E-state index >= 15 is 0 Å². The highest BCUT2D eigenvalue weighted by Crippen LogP contribution is 2.43. The SMILES string of the molecule is O=S(=O)(Oc1cccc(F)c1-c1c(F)cccc1OS(=O)(=O)C(F)(F)F)C(F)(F)F. The standard InChI is InChI=1S/C14H6F8O6S2/c15-7-3-1-5-9(27-29(23,24)13(17,18)19)11(7)12-8(16)4-2-6-10(12)28-30(25,26)14(20,21)22/h1-6H. The molecule has 0 spiro atoms. The Bertz CT molecular complexity index is 1080. The fourth-order valence-corrected chi connectivity index (χ4v) is 2.90. The Hall–Kier alpha value is -2.62. The minimum absolute atomic E-state index is 0.427. The quantitative estimate of drug-likeness (QED) is 0.360. The van der Waals surface area contributed by atoms with Crippen LogP contribution in [0.3, 0.4) is 0 Å². The van der Waals surface area contributed by atoms with Crippen LogP contribution in [0.15, 0.2) is 36.4 Å². The van der Waals surface area contributed by atoms with E-state index in [0.29, 0.717) is 36.4 Å². The molecule has 0 amide bonds. The molecular weight excluding hydrogens is 480 g/mol. The average Bonchev–Trinajstić information content (AvgIpc) is 2.54. The molecule has 0 aliphatic carbocycles. The van der Waals surface area contributed by atoms with Crippen LogP contribution in [-0.2, 0) is 20.2 Å². The maximum absolute atomic E-state index is 14.3. The largest absolute Gasteiger partial charge is 0.534 e. The first-order valence-corrected chi connectivity index (χ1v) is 9.88. The Labute approximate surface area is 162 Å². The van der Waals surface area contributed by atoms with Crippen LogP contribution < -0.4 is 8.37 Å². The van der Waals surface area contributed by atoms with E-state index < -0.39 is 65.5 Å². The van der Waals surface area contributed by atoms with Crippen LogP contribution in [0.4, 0.5) is 35.1 Å². The van der Waals surface area contributed by atoms with E-state index in [4.69, 9.17) is 0 Å². The molecule has 0 saturated heterocycles. The maximum Gasteiger partial charge on any atom is 0.534 e. The monoisotopic (exact) mass is 486 g/mol. The van der Waals surface area contributed by atoms with E-state index in [1.807, 2.05) is 0 Å². The highest BCUT2D eigenvalue weighted by Gasteiger charge is 2.50. The Morgan fingerprint density at radius 2 is 0.900 bits per heavy atom. The van der Waals surface area contributed by atoms with E-state index in [-0.39, 0.29) is 0 Å². The smallest absolute Gasteiger partial charge is 0.375 e. The van der Waals surface area contributed by atoms with E-state index in [2.05, 4.69) is 8.37 Å². The van der Waals surface area contributed by atoms with Gasteiger partial charge in [-0.3, -0.25) is 0 Å². The summed E-state index contributed by atoms with van der Waals surface area (Å²) in [6, 6.07) is 3.09. The van der Waals surface area contributed by atoms with Gasteiger partial charge in [-0.25, -0.2) is 8.78 Å². The highest BCUT2D eigenvalue weighted by atomic mass is 32.2. The molecule has 0 aromatic heterocycles. The topological polar surface area (TPSA) is 86.7 Å². The predicted octanol–water partition coefficient (Wildman–Crippen LogP) is 4.09. The minimum Gasteiger partial charge on any atom is -0.375 e. The lowest BCUT2D eigenvalue weighted by Gasteiger charge is -2.17. The molecule has 6 nitrogen and oxygen atoms in total. The first-order chi connectivity index (χ1) is 13.5. The van der Waals surface area contributed by atoms with Crippen molar-refractivity contribution in [1.29, 1.82) is 0 Å². The molecular formula is C14H6F8O6S2. The Balaban J connectivity index is 2.75. The average molecular weight is 486 g/mol. The van der Waals surface area contributed by atoms with E-state index in [9.17, 15) is 52.0 Å². The van der Waals surface area contributed by atoms with E-state index in [1.165, 1.54) is 0 Å². The van der Waals surface area contributed by atoms with Gasteiger partial charge in [0.15, 0.2) is 11.5 Å². The molecule has 0 N–H and O–H groups in total. The molecule has 0 aliphatic rings. The molecule has 0 bridgehead atoms. The third-order valence-corrected chi connectivity index (χ3v) is 5.10. The third kappa shape index (κ3) is 4.58. The lowest BCUT2D eigenvalue weighted by Crippen LogP contribution is -2.29. The molecule has 16 heteroatoms. The van der Waals surface area contributed by atoms with Crippen molar-refractivity contribution in [1.82, 2.24) is 0 Å². The van der Waals surface area contributed by atoms with E-state index in [0.717, 1.165) is 0 Å². The van der Waals surface area contributed by atoms with Crippen molar-refractivity contribution in [2.45, 2.75) is 11.0 Å². The summed E-state index contributed by atoms with van der Waals surface area (Å²) >= 11 is 0. The second-order valence-corrected chi connectivity index (χ2v) is 8.27. The zero-order valence-electron chi connectivity index (χ0n) is 13.8. The molecule has 2 rings (SSSR count). The second-order valence-electron chi connectivity index (χ2n) is 5.19. The Morgan fingerprint density at radius 3 is 1.17 bits per heavy atom. The molecule has 30 heavy (non-hydrogen) atoms. The van der Waals surface area contributed by atoms with Gasteiger partial charge in [-0.15, -0.1) is 0 Å². The summed E-state index contributed by atoms with van der Waals surface area (Å²) in [7, 11) is -12.8. The van der Waals surface area contributed by atoms with Gasteiger partial charge in [-0.2, -0.15) is 43.2 Å². The van der Waals surface area contributed by atoms with Crippen molar-refractivity contribution in [3.63, 3.8) is 0 Å². The van der Waals surface area contributed by atoms with Crippen LogP contribution in [0, 0.1) is 11.6 Å². The van der Waals surface area contributed by atoms with Crippen molar-refractivity contribution in [2.24, 2.45) is 0 Å². The van der Waals surface area contributed by atoms with Gasteiger partial charge in [0.05, 0.1) is 11.1 Å². The normalized spacial score (nSPS) is 13.2. The lowest BCUT2D eigenvalue weighted by atomic mass is 10.0. The van der Waals surface area contributed by atoms with Gasteiger partial charge < -0.3 is 8.37 Å². The molecule has 0 fully saturated rings. The number of hydrogen-bond donors (Lipinski definition) is 0. The fraction of sp³-hybridized carbons (Fsp3) is 0.143. The summed E-state index contributed by atoms with van der Waals surface area (Å²) in [6.45, 7) is 0. The number of alkyl halides is 6. The summed E-state index contributed by atoms with van der Waals surface area (Å²) in [5, 5.41) is 0. The van der Waals surface area contributed by atoms with E-state index in [1.54, 1.807) is 0 Å². The number of hydrogen-bond acceptors (Lipinski definition) is 6. The second kappa shape index (κ2) is 7.57. The zero-order chi connectivity index (χ0) is 23.1. The molecule has 0 radical (unpaired) electrons. The van der Waals surface area contributed by atoms with Crippen LogP contribution in [0.5, 0.6) is 11.5 Å². The molecule has 2 aromatic rings. The maximum atomic E-state index is 14.3. The van der Waals surface area contributed by atoms with Crippen LogP contribution in [0.25, 0.3) is 11.1 Å². The number of rotatable bonds is 5. The summed E-state index contributed by atoms with van der Waals surface area (Å²) in [6.07, 6.45) is 0. The zero-order valence-corrected chi connectivity index (χ0v) is 15.4. The van der Waals surface area contributed by atoms with Crippen LogP contribution >= 0.6 is 0 Å². The minimum atomic E-state index is -6.41. The number of halogens is 8. The van der Waals surface area contributed by atoms with Gasteiger partial charge in [-0.1, -0.05) is 12.1 Å². The molecule has 0 heterocycles. The molecule has 0 atom stereocenters. The van der Waals surface area contributed by atoms with Crippen LogP contribution in [-0.4, -0.2) is 27.9 Å². The van der Waals surface area contributed by atoms with Crippen molar-refractivity contribution < 1.29 is 60.3 Å². The summed E-state index contributed by atoms with van der Waals surface area (Å²) in [4.78, 5) is 0. The highest BCUT2D eigenvalue weighted by molar-refractivity contribution is 7.88. The van der Waals surface area contributed by atoms with Crippen molar-refractivity contribution in [3.05, 3.63) is 48.0 Å². The first-order valence-electron chi connectivity index (χ1n) is 7.07. The van der Waals surface area contributed by atoms with Gasteiger partial charge in [0, 0.05) is 0 Å².